The minimum atomic E-state index is -4.84. The van der Waals surface area contributed by atoms with Gasteiger partial charge in [-0.1, -0.05) is 0 Å². The molecule has 4 nitrogen and oxygen atoms in total. The predicted octanol–water partition coefficient (Wildman–Crippen LogP) is 2.08. The van der Waals surface area contributed by atoms with Gasteiger partial charge in [0.1, 0.15) is 11.6 Å². The molecular formula is C10H8F4N2O2. The molecule has 1 heterocycles. The Morgan fingerprint density at radius 1 is 1.33 bits per heavy atom. The van der Waals surface area contributed by atoms with Crippen molar-refractivity contribution in [2.75, 3.05) is 6.54 Å². The van der Waals surface area contributed by atoms with Gasteiger partial charge in [-0.15, -0.1) is 13.2 Å². The van der Waals surface area contributed by atoms with Crippen LogP contribution in [0.3, 0.4) is 0 Å². The van der Waals surface area contributed by atoms with E-state index in [1.54, 1.807) is 0 Å². The molecule has 18 heavy (non-hydrogen) atoms. The maximum Gasteiger partial charge on any atom is 0.573 e. The van der Waals surface area contributed by atoms with Gasteiger partial charge in [-0.2, -0.15) is 0 Å². The van der Waals surface area contributed by atoms with Crippen LogP contribution >= 0.6 is 0 Å². The molecular weight excluding hydrogens is 256 g/mol. The van der Waals surface area contributed by atoms with Crippen molar-refractivity contribution in [3.05, 3.63) is 29.6 Å². The number of hydrogen-bond acceptors (Lipinski definition) is 2. The van der Waals surface area contributed by atoms with E-state index in [1.807, 2.05) is 0 Å². The normalized spacial score (nSPS) is 19.3. The molecule has 1 aliphatic heterocycles. The zero-order chi connectivity index (χ0) is 13.3. The third-order valence-electron chi connectivity index (χ3n) is 2.35. The first-order chi connectivity index (χ1) is 8.35. The van der Waals surface area contributed by atoms with Crippen LogP contribution in [0.4, 0.5) is 22.4 Å². The number of halogens is 4. The van der Waals surface area contributed by atoms with Crippen molar-refractivity contribution >= 4 is 6.03 Å². The topological polar surface area (TPSA) is 50.4 Å². The number of benzene rings is 1. The second-order valence-electron chi connectivity index (χ2n) is 3.64. The smallest absolute Gasteiger partial charge is 0.406 e. The van der Waals surface area contributed by atoms with Crippen molar-refractivity contribution in [1.29, 1.82) is 0 Å². The second-order valence-corrected chi connectivity index (χ2v) is 3.64. The fraction of sp³-hybridized carbons (Fsp3) is 0.300. The number of nitrogens with one attached hydrogen (secondary N) is 2. The molecule has 1 aromatic carbocycles. The van der Waals surface area contributed by atoms with Gasteiger partial charge in [-0.3, -0.25) is 0 Å². The minimum Gasteiger partial charge on any atom is -0.406 e. The maximum absolute atomic E-state index is 13.5. The Bertz CT molecular complexity index is 475. The van der Waals surface area contributed by atoms with Crippen molar-refractivity contribution in [2.24, 2.45) is 0 Å². The van der Waals surface area contributed by atoms with E-state index < -0.39 is 30.0 Å². The summed E-state index contributed by atoms with van der Waals surface area (Å²) < 4.78 is 53.2. The fourth-order valence-electron chi connectivity index (χ4n) is 1.63. The molecule has 2 N–H and O–H groups in total. The number of carbonyl (C=O) groups is 1. The molecule has 1 saturated heterocycles. The Morgan fingerprint density at radius 2 is 2.06 bits per heavy atom. The summed E-state index contributed by atoms with van der Waals surface area (Å²) in [6.07, 6.45) is -4.84. The molecule has 8 heteroatoms. The van der Waals surface area contributed by atoms with Gasteiger partial charge >= 0.3 is 12.4 Å². The number of rotatable bonds is 2. The van der Waals surface area contributed by atoms with E-state index in [2.05, 4.69) is 15.4 Å². The third kappa shape index (κ3) is 2.82. The lowest BCUT2D eigenvalue weighted by Gasteiger charge is -2.13. The van der Waals surface area contributed by atoms with Crippen molar-refractivity contribution in [2.45, 2.75) is 12.4 Å². The summed E-state index contributed by atoms with van der Waals surface area (Å²) in [5, 5.41) is 4.76. The molecule has 0 saturated carbocycles. The highest BCUT2D eigenvalue weighted by molar-refractivity contribution is 5.76. The molecule has 98 valence electrons. The summed E-state index contributed by atoms with van der Waals surface area (Å²) in [6.45, 7) is 0.102. The van der Waals surface area contributed by atoms with E-state index in [1.165, 1.54) is 0 Å². The highest BCUT2D eigenvalue weighted by Gasteiger charge is 2.32. The first-order valence-electron chi connectivity index (χ1n) is 4.95. The number of ether oxygens (including phenoxy) is 1. The van der Waals surface area contributed by atoms with Crippen LogP contribution in [0.25, 0.3) is 0 Å². The quantitative estimate of drug-likeness (QED) is 0.803. The molecule has 0 spiro atoms. The first-order valence-corrected chi connectivity index (χ1v) is 4.95. The molecule has 0 radical (unpaired) electrons. The molecule has 1 aliphatic rings. The molecule has 1 fully saturated rings. The summed E-state index contributed by atoms with van der Waals surface area (Å²) in [5.74, 6) is -1.24. The van der Waals surface area contributed by atoms with Crippen LogP contribution in [-0.2, 0) is 0 Å². The van der Waals surface area contributed by atoms with Gasteiger partial charge in [0, 0.05) is 12.1 Å². The summed E-state index contributed by atoms with van der Waals surface area (Å²) in [7, 11) is 0. The summed E-state index contributed by atoms with van der Waals surface area (Å²) in [4.78, 5) is 10.9. The lowest BCUT2D eigenvalue weighted by molar-refractivity contribution is -0.274. The number of carbonyl (C=O) groups excluding carboxylic acids is 1. The van der Waals surface area contributed by atoms with Crippen LogP contribution in [0.2, 0.25) is 0 Å². The van der Waals surface area contributed by atoms with E-state index in [0.29, 0.717) is 0 Å². The van der Waals surface area contributed by atoms with E-state index in [9.17, 15) is 22.4 Å². The van der Waals surface area contributed by atoms with Crippen molar-refractivity contribution in [3.63, 3.8) is 0 Å². The Balaban J connectivity index is 2.24. The lowest BCUT2D eigenvalue weighted by Crippen LogP contribution is -2.22. The van der Waals surface area contributed by atoms with Crippen LogP contribution < -0.4 is 15.4 Å². The van der Waals surface area contributed by atoms with Crippen LogP contribution in [0.5, 0.6) is 5.75 Å². The average Bonchev–Trinajstić information content (AvgIpc) is 2.66. The molecule has 0 bridgehead atoms. The lowest BCUT2D eigenvalue weighted by atomic mass is 10.1. The molecule has 0 aromatic heterocycles. The van der Waals surface area contributed by atoms with Crippen molar-refractivity contribution < 1.29 is 27.1 Å². The SMILES string of the molecule is O=C1NC[C@@H](c2cc(OC(F)(F)F)ccc2F)N1. The number of amides is 2. The van der Waals surface area contributed by atoms with E-state index in [4.69, 9.17) is 0 Å². The second kappa shape index (κ2) is 4.35. The van der Waals surface area contributed by atoms with Gasteiger partial charge < -0.3 is 15.4 Å². The van der Waals surface area contributed by atoms with E-state index in [0.717, 1.165) is 18.2 Å². The highest BCUT2D eigenvalue weighted by Crippen LogP contribution is 2.28. The number of urea groups is 1. The van der Waals surface area contributed by atoms with Crippen molar-refractivity contribution in [3.8, 4) is 5.75 Å². The predicted molar refractivity (Wildman–Crippen MR) is 52.4 cm³/mol. The number of alkyl halides is 3. The van der Waals surface area contributed by atoms with Crippen LogP contribution in [0, 0.1) is 5.82 Å². The fourth-order valence-corrected chi connectivity index (χ4v) is 1.63. The summed E-state index contributed by atoms with van der Waals surface area (Å²) in [6, 6.07) is 1.44. The van der Waals surface area contributed by atoms with Gasteiger partial charge in [-0.25, -0.2) is 9.18 Å². The zero-order valence-electron chi connectivity index (χ0n) is 8.84. The Hall–Kier alpha value is -1.99. The Morgan fingerprint density at radius 3 is 2.61 bits per heavy atom. The largest absolute Gasteiger partial charge is 0.573 e. The Labute approximate surface area is 98.9 Å². The molecule has 2 amide bonds. The minimum absolute atomic E-state index is 0.0601. The van der Waals surface area contributed by atoms with Crippen molar-refractivity contribution in [1.82, 2.24) is 10.6 Å². The van der Waals surface area contributed by atoms with Crippen LogP contribution in [0.15, 0.2) is 18.2 Å². The van der Waals surface area contributed by atoms with Gasteiger partial charge in [0.2, 0.25) is 0 Å². The molecule has 0 unspecified atom stereocenters. The number of hydrogen-bond donors (Lipinski definition) is 2. The van der Waals surface area contributed by atoms with E-state index >= 15 is 0 Å². The van der Waals surface area contributed by atoms with Crippen LogP contribution in [-0.4, -0.2) is 18.9 Å². The monoisotopic (exact) mass is 264 g/mol. The van der Waals surface area contributed by atoms with Gasteiger partial charge in [0.25, 0.3) is 0 Å². The molecule has 2 rings (SSSR count). The Kier molecular flexibility index (Phi) is 3.02. The standard InChI is InChI=1S/C10H8F4N2O2/c11-7-2-1-5(18-10(12,13)14)3-6(7)8-4-15-9(17)16-8/h1-3,8H,4H2,(H2,15,16,17)/t8-/m0/s1. The molecule has 1 aromatic rings. The van der Waals surface area contributed by atoms with Gasteiger partial charge in [0.15, 0.2) is 0 Å². The highest BCUT2D eigenvalue weighted by atomic mass is 19.4. The third-order valence-corrected chi connectivity index (χ3v) is 2.35. The van der Waals surface area contributed by atoms with Gasteiger partial charge in [-0.05, 0) is 18.2 Å². The maximum atomic E-state index is 13.5. The average molecular weight is 264 g/mol. The van der Waals surface area contributed by atoms with E-state index in [-0.39, 0.29) is 12.1 Å². The zero-order valence-corrected chi connectivity index (χ0v) is 8.84. The summed E-state index contributed by atoms with van der Waals surface area (Å²) >= 11 is 0. The first kappa shape index (κ1) is 12.5. The molecule has 1 atom stereocenters. The summed E-state index contributed by atoms with van der Waals surface area (Å²) in [5.41, 5.74) is -0.0601. The van der Waals surface area contributed by atoms with Gasteiger partial charge in [0.05, 0.1) is 6.04 Å². The molecule has 0 aliphatic carbocycles. The van der Waals surface area contributed by atoms with Crippen LogP contribution in [0.1, 0.15) is 11.6 Å².